The van der Waals surface area contributed by atoms with E-state index in [1.54, 1.807) is 31.2 Å². The Bertz CT molecular complexity index is 1040. The van der Waals surface area contributed by atoms with Gasteiger partial charge >= 0.3 is 6.03 Å². The van der Waals surface area contributed by atoms with Gasteiger partial charge in [0.05, 0.1) is 24.4 Å². The van der Waals surface area contributed by atoms with Gasteiger partial charge in [-0.15, -0.1) is 6.58 Å². The SMILES string of the molecule is C=CCN1C(=O)N[C@H](c2ccc(F)cc2F)C(C(=O)Nc2ccccc2OC)=C1C. The van der Waals surface area contributed by atoms with Gasteiger partial charge in [0.15, 0.2) is 0 Å². The van der Waals surface area contributed by atoms with Crippen molar-refractivity contribution in [1.82, 2.24) is 10.2 Å². The molecule has 1 heterocycles. The van der Waals surface area contributed by atoms with Crippen LogP contribution in [0.3, 0.4) is 0 Å². The summed E-state index contributed by atoms with van der Waals surface area (Å²) in [5, 5.41) is 5.38. The molecule has 1 aliphatic heterocycles. The van der Waals surface area contributed by atoms with Crippen LogP contribution in [-0.4, -0.2) is 30.5 Å². The van der Waals surface area contributed by atoms with Crippen molar-refractivity contribution in [2.45, 2.75) is 13.0 Å². The van der Waals surface area contributed by atoms with Gasteiger partial charge in [-0.05, 0) is 25.1 Å². The van der Waals surface area contributed by atoms with Crippen molar-refractivity contribution in [3.05, 3.63) is 83.6 Å². The van der Waals surface area contributed by atoms with Crippen molar-refractivity contribution in [2.24, 2.45) is 0 Å². The first-order chi connectivity index (χ1) is 14.4. The highest BCUT2D eigenvalue weighted by Crippen LogP contribution is 2.34. The van der Waals surface area contributed by atoms with Gasteiger partial charge in [0.2, 0.25) is 0 Å². The molecule has 30 heavy (non-hydrogen) atoms. The number of methoxy groups -OCH3 is 1. The van der Waals surface area contributed by atoms with Crippen molar-refractivity contribution in [1.29, 1.82) is 0 Å². The first-order valence-corrected chi connectivity index (χ1v) is 9.16. The number of hydrogen-bond donors (Lipinski definition) is 2. The summed E-state index contributed by atoms with van der Waals surface area (Å²) in [5.41, 5.74) is 0.843. The highest BCUT2D eigenvalue weighted by Gasteiger charge is 2.36. The molecule has 3 rings (SSSR count). The number of amides is 3. The zero-order chi connectivity index (χ0) is 21.8. The smallest absolute Gasteiger partial charge is 0.322 e. The number of allylic oxidation sites excluding steroid dienone is 1. The lowest BCUT2D eigenvalue weighted by molar-refractivity contribution is -0.113. The van der Waals surface area contributed by atoms with Gasteiger partial charge < -0.3 is 15.4 Å². The molecule has 0 bridgehead atoms. The van der Waals surface area contributed by atoms with Crippen molar-refractivity contribution < 1.29 is 23.1 Å². The summed E-state index contributed by atoms with van der Waals surface area (Å²) in [5.74, 6) is -1.74. The van der Waals surface area contributed by atoms with Crippen LogP contribution in [0.5, 0.6) is 5.75 Å². The molecule has 0 spiro atoms. The minimum Gasteiger partial charge on any atom is -0.495 e. The predicted molar refractivity (Wildman–Crippen MR) is 109 cm³/mol. The molecule has 156 valence electrons. The highest BCUT2D eigenvalue weighted by molar-refractivity contribution is 6.07. The standard InChI is InChI=1S/C22H21F2N3O3/c1-4-11-27-13(2)19(21(28)25-17-7-5-6-8-18(17)30-3)20(26-22(27)29)15-10-9-14(23)12-16(15)24/h4-10,12,20H,1,11H2,2-3H3,(H,25,28)(H,26,29)/t20-/m1/s1. The number of carbonyl (C=O) groups is 2. The predicted octanol–water partition coefficient (Wildman–Crippen LogP) is 4.14. The lowest BCUT2D eigenvalue weighted by Gasteiger charge is -2.35. The van der Waals surface area contributed by atoms with Crippen LogP contribution < -0.4 is 15.4 Å². The molecular formula is C22H21F2N3O3. The van der Waals surface area contributed by atoms with E-state index in [4.69, 9.17) is 4.74 Å². The fraction of sp³-hybridized carbons (Fsp3) is 0.182. The Morgan fingerprint density at radius 3 is 2.70 bits per heavy atom. The number of halogens is 2. The second-order valence-electron chi connectivity index (χ2n) is 6.60. The van der Waals surface area contributed by atoms with Gasteiger partial charge in [-0.1, -0.05) is 24.3 Å². The van der Waals surface area contributed by atoms with Gasteiger partial charge in [0.25, 0.3) is 5.91 Å². The topological polar surface area (TPSA) is 70.7 Å². The van der Waals surface area contributed by atoms with Gasteiger partial charge in [-0.2, -0.15) is 0 Å². The molecule has 0 aromatic heterocycles. The second-order valence-corrected chi connectivity index (χ2v) is 6.60. The van der Waals surface area contributed by atoms with E-state index in [-0.39, 0.29) is 17.7 Å². The lowest BCUT2D eigenvalue weighted by Crippen LogP contribution is -2.48. The molecule has 2 aromatic carbocycles. The Labute approximate surface area is 172 Å². The summed E-state index contributed by atoms with van der Waals surface area (Å²) in [7, 11) is 1.47. The highest BCUT2D eigenvalue weighted by atomic mass is 19.1. The van der Waals surface area contributed by atoms with Crippen LogP contribution in [0.1, 0.15) is 18.5 Å². The van der Waals surface area contributed by atoms with Crippen molar-refractivity contribution in [3.8, 4) is 5.75 Å². The third-order valence-electron chi connectivity index (χ3n) is 4.78. The van der Waals surface area contributed by atoms with Crippen LogP contribution in [0.15, 0.2) is 66.4 Å². The Morgan fingerprint density at radius 2 is 2.03 bits per heavy atom. The second kappa shape index (κ2) is 8.77. The molecule has 0 saturated carbocycles. The van der Waals surface area contributed by atoms with Crippen molar-refractivity contribution in [3.63, 3.8) is 0 Å². The average Bonchev–Trinajstić information content (AvgIpc) is 2.71. The largest absolute Gasteiger partial charge is 0.495 e. The quantitative estimate of drug-likeness (QED) is 0.700. The summed E-state index contributed by atoms with van der Waals surface area (Å²) in [6.45, 7) is 5.37. The number of benzene rings is 2. The van der Waals surface area contributed by atoms with Crippen LogP contribution in [-0.2, 0) is 4.79 Å². The maximum atomic E-state index is 14.5. The van der Waals surface area contributed by atoms with E-state index in [1.807, 2.05) is 0 Å². The van der Waals surface area contributed by atoms with Gasteiger partial charge in [-0.3, -0.25) is 9.69 Å². The number of nitrogens with one attached hydrogen (secondary N) is 2. The molecule has 0 fully saturated rings. The van der Waals surface area contributed by atoms with E-state index in [0.717, 1.165) is 6.07 Å². The molecule has 0 aliphatic carbocycles. The number of nitrogens with zero attached hydrogens (tertiary/aromatic N) is 1. The normalized spacial score (nSPS) is 16.2. The number of rotatable bonds is 6. The molecule has 1 aliphatic rings. The molecule has 8 heteroatoms. The molecule has 6 nitrogen and oxygen atoms in total. The fourth-order valence-electron chi connectivity index (χ4n) is 3.33. The molecule has 2 aromatic rings. The monoisotopic (exact) mass is 413 g/mol. The molecule has 0 radical (unpaired) electrons. The van der Waals surface area contributed by atoms with E-state index in [1.165, 1.54) is 24.2 Å². The Morgan fingerprint density at radius 1 is 1.30 bits per heavy atom. The van der Waals surface area contributed by atoms with Crippen LogP contribution >= 0.6 is 0 Å². The molecule has 0 saturated heterocycles. The Hall–Kier alpha value is -3.68. The number of anilines is 1. The molecule has 0 unspecified atom stereocenters. The van der Waals surface area contributed by atoms with Crippen LogP contribution in [0.4, 0.5) is 19.3 Å². The van der Waals surface area contributed by atoms with Crippen LogP contribution in [0.2, 0.25) is 0 Å². The Kier molecular flexibility index (Phi) is 6.15. The first kappa shape index (κ1) is 21.0. The van der Waals surface area contributed by atoms with Crippen LogP contribution in [0.25, 0.3) is 0 Å². The molecular weight excluding hydrogens is 392 g/mol. The minimum atomic E-state index is -1.10. The molecule has 2 N–H and O–H groups in total. The summed E-state index contributed by atoms with van der Waals surface area (Å²) < 4.78 is 33.2. The maximum Gasteiger partial charge on any atom is 0.322 e. The van der Waals surface area contributed by atoms with Crippen molar-refractivity contribution in [2.75, 3.05) is 19.0 Å². The average molecular weight is 413 g/mol. The van der Waals surface area contributed by atoms with E-state index in [2.05, 4.69) is 17.2 Å². The van der Waals surface area contributed by atoms with E-state index in [0.29, 0.717) is 23.2 Å². The van der Waals surface area contributed by atoms with E-state index >= 15 is 0 Å². The first-order valence-electron chi connectivity index (χ1n) is 9.16. The number of hydrogen-bond acceptors (Lipinski definition) is 3. The molecule has 1 atom stereocenters. The van der Waals surface area contributed by atoms with E-state index in [9.17, 15) is 18.4 Å². The van der Waals surface area contributed by atoms with Gasteiger partial charge in [0, 0.05) is 23.9 Å². The summed E-state index contributed by atoms with van der Waals surface area (Å²) in [6.07, 6.45) is 1.51. The third-order valence-corrected chi connectivity index (χ3v) is 4.78. The number of para-hydroxylation sites is 2. The summed E-state index contributed by atoms with van der Waals surface area (Å²) in [6, 6.07) is 8.19. The molecule has 3 amide bonds. The number of ether oxygens (including phenoxy) is 1. The lowest BCUT2D eigenvalue weighted by atomic mass is 9.93. The van der Waals surface area contributed by atoms with E-state index < -0.39 is 29.6 Å². The minimum absolute atomic E-state index is 0.0208. The Balaban J connectivity index is 2.08. The number of urea groups is 1. The fourth-order valence-corrected chi connectivity index (χ4v) is 3.33. The zero-order valence-electron chi connectivity index (χ0n) is 16.5. The van der Waals surface area contributed by atoms with Gasteiger partial charge in [0.1, 0.15) is 17.4 Å². The maximum absolute atomic E-state index is 14.5. The van der Waals surface area contributed by atoms with Gasteiger partial charge in [-0.25, -0.2) is 13.6 Å². The summed E-state index contributed by atoms with van der Waals surface area (Å²) >= 11 is 0. The number of carbonyl (C=O) groups excluding carboxylic acids is 2. The van der Waals surface area contributed by atoms with Crippen LogP contribution in [0, 0.1) is 11.6 Å². The zero-order valence-corrected chi connectivity index (χ0v) is 16.5. The third kappa shape index (κ3) is 4.03. The van der Waals surface area contributed by atoms with Crippen molar-refractivity contribution >= 4 is 17.6 Å². The summed E-state index contributed by atoms with van der Waals surface area (Å²) in [4.78, 5) is 27.1.